The van der Waals surface area contributed by atoms with E-state index in [4.69, 9.17) is 0 Å². The fourth-order valence-corrected chi connectivity index (χ4v) is 2.05. The van der Waals surface area contributed by atoms with Gasteiger partial charge in [-0.3, -0.25) is 4.79 Å². The molecule has 21 heavy (non-hydrogen) atoms. The van der Waals surface area contributed by atoms with E-state index in [0.29, 0.717) is 12.5 Å². The van der Waals surface area contributed by atoms with Crippen LogP contribution >= 0.6 is 0 Å². The molecule has 5 nitrogen and oxygen atoms in total. The smallest absolute Gasteiger partial charge is 0.225 e. The van der Waals surface area contributed by atoms with Gasteiger partial charge in [-0.05, 0) is 18.1 Å². The average molecular weight is 288 g/mol. The molecule has 114 valence electrons. The minimum absolute atomic E-state index is 0.0295. The number of carbonyl (C=O) groups excluding carboxylic acids is 1. The van der Waals surface area contributed by atoms with Gasteiger partial charge in [0.2, 0.25) is 5.91 Å². The van der Waals surface area contributed by atoms with Gasteiger partial charge in [0.15, 0.2) is 0 Å². The van der Waals surface area contributed by atoms with E-state index in [1.54, 1.807) is 0 Å². The maximum Gasteiger partial charge on any atom is 0.225 e. The number of rotatable bonds is 4. The third-order valence-corrected chi connectivity index (χ3v) is 3.59. The number of aromatic nitrogens is 3. The highest BCUT2D eigenvalue weighted by Crippen LogP contribution is 2.16. The van der Waals surface area contributed by atoms with Crippen molar-refractivity contribution in [3.63, 3.8) is 0 Å². The largest absolute Gasteiger partial charge is 0.351 e. The topological polar surface area (TPSA) is 59.8 Å². The van der Waals surface area contributed by atoms with Crippen molar-refractivity contribution in [3.8, 4) is 0 Å². The molecule has 0 spiro atoms. The van der Waals surface area contributed by atoms with Gasteiger partial charge in [-0.25, -0.2) is 4.68 Å². The maximum absolute atomic E-state index is 12.2. The van der Waals surface area contributed by atoms with Crippen LogP contribution in [0, 0.1) is 11.3 Å². The normalized spacial score (nSPS) is 13.6. The van der Waals surface area contributed by atoms with Crippen LogP contribution in [0.1, 0.15) is 34.6 Å². The Morgan fingerprint density at radius 2 is 1.95 bits per heavy atom. The number of hydrogen-bond acceptors (Lipinski definition) is 3. The molecule has 2 aromatic rings. The number of nitrogens with one attached hydrogen (secondary N) is 1. The Morgan fingerprint density at radius 3 is 2.57 bits per heavy atom. The first kappa shape index (κ1) is 15.5. The molecule has 0 bridgehead atoms. The van der Waals surface area contributed by atoms with Gasteiger partial charge in [0, 0.05) is 5.41 Å². The Morgan fingerprint density at radius 1 is 1.29 bits per heavy atom. The predicted molar refractivity (Wildman–Crippen MR) is 83.8 cm³/mol. The van der Waals surface area contributed by atoms with Gasteiger partial charge in [-0.15, -0.1) is 5.10 Å². The predicted octanol–water partition coefficient (Wildman–Crippen LogP) is 2.62. The molecule has 0 fully saturated rings. The van der Waals surface area contributed by atoms with E-state index < -0.39 is 5.41 Å². The molecule has 0 unspecified atom stereocenters. The number of hydrogen-bond donors (Lipinski definition) is 1. The van der Waals surface area contributed by atoms with Crippen LogP contribution in [-0.2, 0) is 11.3 Å². The molecular formula is C16H24N4O. The Hall–Kier alpha value is -1.91. The summed E-state index contributed by atoms with van der Waals surface area (Å²) in [5.41, 5.74) is 1.48. The lowest BCUT2D eigenvalue weighted by molar-refractivity contribution is -0.129. The highest BCUT2D eigenvalue weighted by atomic mass is 16.2. The zero-order chi connectivity index (χ0) is 15.6. The standard InChI is InChI=1S/C16H24N4O/c1-11(2)13(17-15(21)16(3,4)5)10-20-14-9-7-6-8-12(14)18-19-20/h6-9,11,13H,10H2,1-5H3,(H,17,21)/t13-/m1/s1. The van der Waals surface area contributed by atoms with Crippen LogP contribution in [0.3, 0.4) is 0 Å². The summed E-state index contributed by atoms with van der Waals surface area (Å²) in [5.74, 6) is 0.380. The number of fused-ring (bicyclic) bond motifs is 1. The molecule has 2 rings (SSSR count). The summed E-state index contributed by atoms with van der Waals surface area (Å²) in [5, 5.41) is 11.5. The summed E-state index contributed by atoms with van der Waals surface area (Å²) in [6.45, 7) is 10.6. The molecule has 1 heterocycles. The van der Waals surface area contributed by atoms with E-state index in [2.05, 4.69) is 29.5 Å². The van der Waals surface area contributed by atoms with Crippen molar-refractivity contribution in [2.24, 2.45) is 11.3 Å². The summed E-state index contributed by atoms with van der Waals surface area (Å²) in [6.07, 6.45) is 0. The van der Waals surface area contributed by atoms with Crippen LogP contribution in [0.5, 0.6) is 0 Å². The van der Waals surface area contributed by atoms with Crippen molar-refractivity contribution in [1.82, 2.24) is 20.3 Å². The van der Waals surface area contributed by atoms with Crippen LogP contribution in [0.15, 0.2) is 24.3 Å². The second-order valence-electron chi connectivity index (χ2n) is 6.83. The molecule has 0 saturated carbocycles. The first-order valence-electron chi connectivity index (χ1n) is 7.38. The van der Waals surface area contributed by atoms with Crippen LogP contribution in [0.25, 0.3) is 11.0 Å². The van der Waals surface area contributed by atoms with Crippen LogP contribution in [0.2, 0.25) is 0 Å². The van der Waals surface area contributed by atoms with Crippen molar-refractivity contribution >= 4 is 16.9 Å². The van der Waals surface area contributed by atoms with Gasteiger partial charge in [0.05, 0.1) is 18.1 Å². The molecule has 1 aromatic heterocycles. The zero-order valence-corrected chi connectivity index (χ0v) is 13.4. The highest BCUT2D eigenvalue weighted by molar-refractivity contribution is 5.81. The minimum Gasteiger partial charge on any atom is -0.351 e. The summed E-state index contributed by atoms with van der Waals surface area (Å²) in [4.78, 5) is 12.2. The van der Waals surface area contributed by atoms with Gasteiger partial charge < -0.3 is 5.32 Å². The summed E-state index contributed by atoms with van der Waals surface area (Å²) in [7, 11) is 0. The van der Waals surface area contributed by atoms with E-state index in [0.717, 1.165) is 11.0 Å². The molecular weight excluding hydrogens is 264 g/mol. The summed E-state index contributed by atoms with van der Waals surface area (Å²) < 4.78 is 1.86. The number of amides is 1. The summed E-state index contributed by atoms with van der Waals surface area (Å²) >= 11 is 0. The quantitative estimate of drug-likeness (QED) is 0.940. The van der Waals surface area contributed by atoms with Gasteiger partial charge in [0.1, 0.15) is 5.52 Å². The molecule has 0 aliphatic carbocycles. The second kappa shape index (κ2) is 5.84. The molecule has 1 atom stereocenters. The van der Waals surface area contributed by atoms with E-state index >= 15 is 0 Å². The van der Waals surface area contributed by atoms with Crippen molar-refractivity contribution in [2.45, 2.75) is 47.2 Å². The van der Waals surface area contributed by atoms with Crippen molar-refractivity contribution < 1.29 is 4.79 Å². The zero-order valence-electron chi connectivity index (χ0n) is 13.4. The third kappa shape index (κ3) is 3.60. The first-order chi connectivity index (χ1) is 9.79. The summed E-state index contributed by atoms with van der Waals surface area (Å²) in [6, 6.07) is 7.89. The second-order valence-corrected chi connectivity index (χ2v) is 6.83. The van der Waals surface area contributed by atoms with Gasteiger partial charge in [-0.2, -0.15) is 0 Å². The fourth-order valence-electron chi connectivity index (χ4n) is 2.05. The lowest BCUT2D eigenvalue weighted by atomic mass is 9.94. The lowest BCUT2D eigenvalue weighted by Crippen LogP contribution is -2.46. The minimum atomic E-state index is -0.391. The van der Waals surface area contributed by atoms with Gasteiger partial charge in [0.25, 0.3) is 0 Å². The fraction of sp³-hybridized carbons (Fsp3) is 0.562. The van der Waals surface area contributed by atoms with Gasteiger partial charge in [-0.1, -0.05) is 52.0 Å². The van der Waals surface area contributed by atoms with E-state index in [1.807, 2.05) is 49.7 Å². The third-order valence-electron chi connectivity index (χ3n) is 3.59. The molecule has 1 aromatic carbocycles. The van der Waals surface area contributed by atoms with Crippen molar-refractivity contribution in [1.29, 1.82) is 0 Å². The van der Waals surface area contributed by atoms with Crippen LogP contribution in [0.4, 0.5) is 0 Å². The van der Waals surface area contributed by atoms with E-state index in [1.165, 1.54) is 0 Å². The SMILES string of the molecule is CC(C)[C@@H](Cn1nnc2ccccc21)NC(=O)C(C)(C)C. The molecule has 1 N–H and O–H groups in total. The number of para-hydroxylation sites is 1. The Kier molecular flexibility index (Phi) is 4.30. The molecule has 0 aliphatic heterocycles. The maximum atomic E-state index is 12.2. The van der Waals surface area contributed by atoms with Gasteiger partial charge >= 0.3 is 0 Å². The van der Waals surface area contributed by atoms with E-state index in [-0.39, 0.29) is 11.9 Å². The van der Waals surface area contributed by atoms with Crippen LogP contribution < -0.4 is 5.32 Å². The number of benzene rings is 1. The number of carbonyl (C=O) groups is 1. The highest BCUT2D eigenvalue weighted by Gasteiger charge is 2.26. The monoisotopic (exact) mass is 288 g/mol. The van der Waals surface area contributed by atoms with E-state index in [9.17, 15) is 4.79 Å². The first-order valence-corrected chi connectivity index (χ1v) is 7.38. The molecule has 1 amide bonds. The molecule has 0 saturated heterocycles. The number of nitrogens with zero attached hydrogens (tertiary/aromatic N) is 3. The van der Waals surface area contributed by atoms with Crippen molar-refractivity contribution in [3.05, 3.63) is 24.3 Å². The Labute approximate surface area is 125 Å². The average Bonchev–Trinajstić information content (AvgIpc) is 2.80. The van der Waals surface area contributed by atoms with Crippen LogP contribution in [-0.4, -0.2) is 26.9 Å². The lowest BCUT2D eigenvalue weighted by Gasteiger charge is -2.27. The molecule has 0 radical (unpaired) electrons. The molecule has 0 aliphatic rings. The Bertz CT molecular complexity index is 624. The Balaban J connectivity index is 2.19. The molecule has 5 heteroatoms. The van der Waals surface area contributed by atoms with Crippen molar-refractivity contribution in [2.75, 3.05) is 0 Å².